The summed E-state index contributed by atoms with van der Waals surface area (Å²) in [5.41, 5.74) is 0. The van der Waals surface area contributed by atoms with Crippen LogP contribution in [0.2, 0.25) is 0 Å². The lowest BCUT2D eigenvalue weighted by molar-refractivity contribution is -0.151. The predicted molar refractivity (Wildman–Crippen MR) is 108 cm³/mol. The average Bonchev–Trinajstić information content (AvgIpc) is 2.64. The molecule has 1 atom stereocenters. The highest BCUT2D eigenvalue weighted by Crippen LogP contribution is 2.16. The fraction of sp³-hybridized carbons (Fsp3) is 0.556. The molecule has 1 aromatic rings. The summed E-state index contributed by atoms with van der Waals surface area (Å²) in [6.07, 6.45) is 0.648. The molecular formula is C18H27BrN2O6S. The first kappa shape index (κ1) is 24.5. The summed E-state index contributed by atoms with van der Waals surface area (Å²) in [7, 11) is -3.91. The van der Waals surface area contributed by atoms with E-state index >= 15 is 0 Å². The van der Waals surface area contributed by atoms with Crippen molar-refractivity contribution in [2.45, 2.75) is 38.1 Å². The van der Waals surface area contributed by atoms with Crippen LogP contribution in [-0.2, 0) is 29.1 Å². The molecule has 0 heterocycles. The van der Waals surface area contributed by atoms with Gasteiger partial charge in [-0.05, 0) is 43.5 Å². The van der Waals surface area contributed by atoms with Gasteiger partial charge in [0.15, 0.2) is 6.61 Å². The molecule has 0 aromatic heterocycles. The van der Waals surface area contributed by atoms with E-state index in [0.717, 1.165) is 4.47 Å². The fourth-order valence-electron chi connectivity index (χ4n) is 2.13. The number of halogens is 1. The van der Waals surface area contributed by atoms with Crippen LogP contribution >= 0.6 is 15.9 Å². The third kappa shape index (κ3) is 8.68. The van der Waals surface area contributed by atoms with Gasteiger partial charge in [-0.25, -0.2) is 8.42 Å². The summed E-state index contributed by atoms with van der Waals surface area (Å²) in [4.78, 5) is 24.1. The SMILES string of the molecule is CCOCCCNC(=O)COC(=O)C(NS(=O)(=O)c1ccc(Br)cc1)C(C)C. The van der Waals surface area contributed by atoms with Crippen LogP contribution in [0.4, 0.5) is 0 Å². The number of nitrogens with one attached hydrogen (secondary N) is 2. The number of amides is 1. The van der Waals surface area contributed by atoms with Crippen LogP contribution in [0.5, 0.6) is 0 Å². The van der Waals surface area contributed by atoms with Gasteiger partial charge in [-0.2, -0.15) is 4.72 Å². The molecule has 0 aliphatic carbocycles. The van der Waals surface area contributed by atoms with Crippen LogP contribution in [0, 0.1) is 5.92 Å². The molecule has 1 amide bonds. The van der Waals surface area contributed by atoms with Crippen LogP contribution in [-0.4, -0.2) is 52.7 Å². The number of carbonyl (C=O) groups excluding carboxylic acids is 2. The van der Waals surface area contributed by atoms with Gasteiger partial charge < -0.3 is 14.8 Å². The number of hydrogen-bond donors (Lipinski definition) is 2. The Morgan fingerprint density at radius 3 is 2.39 bits per heavy atom. The predicted octanol–water partition coefficient (Wildman–Crippen LogP) is 1.84. The lowest BCUT2D eigenvalue weighted by atomic mass is 10.1. The molecule has 0 radical (unpaired) electrons. The van der Waals surface area contributed by atoms with E-state index in [2.05, 4.69) is 26.0 Å². The fourth-order valence-corrected chi connectivity index (χ4v) is 3.73. The molecule has 1 rings (SSSR count). The first-order chi connectivity index (χ1) is 13.2. The molecule has 0 bridgehead atoms. The third-order valence-corrected chi connectivity index (χ3v) is 5.65. The number of ether oxygens (including phenoxy) is 2. The van der Waals surface area contributed by atoms with E-state index in [1.54, 1.807) is 26.0 Å². The summed E-state index contributed by atoms with van der Waals surface area (Å²) in [5.74, 6) is -1.63. The van der Waals surface area contributed by atoms with Crippen molar-refractivity contribution in [1.29, 1.82) is 0 Å². The van der Waals surface area contributed by atoms with Crippen molar-refractivity contribution in [3.05, 3.63) is 28.7 Å². The van der Waals surface area contributed by atoms with E-state index < -0.39 is 34.5 Å². The monoisotopic (exact) mass is 478 g/mol. The minimum Gasteiger partial charge on any atom is -0.454 e. The molecule has 158 valence electrons. The van der Waals surface area contributed by atoms with Gasteiger partial charge in [-0.1, -0.05) is 29.8 Å². The number of rotatable bonds is 12. The minimum atomic E-state index is -3.91. The van der Waals surface area contributed by atoms with Crippen molar-refractivity contribution in [2.24, 2.45) is 5.92 Å². The Morgan fingerprint density at radius 2 is 1.82 bits per heavy atom. The second kappa shape index (κ2) is 12.2. The topological polar surface area (TPSA) is 111 Å². The van der Waals surface area contributed by atoms with Gasteiger partial charge in [-0.15, -0.1) is 0 Å². The first-order valence-corrected chi connectivity index (χ1v) is 11.2. The molecule has 1 aromatic carbocycles. The Hall–Kier alpha value is -1.49. The smallest absolute Gasteiger partial charge is 0.324 e. The van der Waals surface area contributed by atoms with Crippen LogP contribution in [0.15, 0.2) is 33.6 Å². The van der Waals surface area contributed by atoms with Crippen molar-refractivity contribution in [3.63, 3.8) is 0 Å². The molecule has 2 N–H and O–H groups in total. The van der Waals surface area contributed by atoms with Crippen LogP contribution in [0.1, 0.15) is 27.2 Å². The third-order valence-electron chi connectivity index (χ3n) is 3.66. The second-order valence-corrected chi connectivity index (χ2v) is 8.93. The van der Waals surface area contributed by atoms with E-state index in [0.29, 0.717) is 26.2 Å². The summed E-state index contributed by atoms with van der Waals surface area (Å²) in [5, 5.41) is 2.61. The van der Waals surface area contributed by atoms with Gasteiger partial charge in [0.05, 0.1) is 4.90 Å². The largest absolute Gasteiger partial charge is 0.454 e. The van der Waals surface area contributed by atoms with Gasteiger partial charge in [0.1, 0.15) is 6.04 Å². The van der Waals surface area contributed by atoms with Crippen molar-refractivity contribution in [1.82, 2.24) is 10.0 Å². The molecular weight excluding hydrogens is 452 g/mol. The number of sulfonamides is 1. The molecule has 1 unspecified atom stereocenters. The molecule has 0 aliphatic heterocycles. The van der Waals surface area contributed by atoms with E-state index in [9.17, 15) is 18.0 Å². The molecule has 10 heteroatoms. The minimum absolute atomic E-state index is 0.0289. The average molecular weight is 479 g/mol. The van der Waals surface area contributed by atoms with Gasteiger partial charge in [0.25, 0.3) is 5.91 Å². The lowest BCUT2D eigenvalue weighted by Crippen LogP contribution is -2.46. The molecule has 8 nitrogen and oxygen atoms in total. The molecule has 0 fully saturated rings. The Morgan fingerprint density at radius 1 is 1.18 bits per heavy atom. The van der Waals surface area contributed by atoms with E-state index in [-0.39, 0.29) is 10.8 Å². The van der Waals surface area contributed by atoms with Crippen LogP contribution < -0.4 is 10.0 Å². The highest BCUT2D eigenvalue weighted by Gasteiger charge is 2.30. The lowest BCUT2D eigenvalue weighted by Gasteiger charge is -2.20. The molecule has 0 saturated heterocycles. The normalized spacial score (nSPS) is 12.6. The van der Waals surface area contributed by atoms with Crippen molar-refractivity contribution >= 4 is 37.8 Å². The van der Waals surface area contributed by atoms with Gasteiger partial charge >= 0.3 is 5.97 Å². The van der Waals surface area contributed by atoms with Gasteiger partial charge in [-0.3, -0.25) is 9.59 Å². The maximum atomic E-state index is 12.5. The van der Waals surface area contributed by atoms with E-state index in [1.807, 2.05) is 6.92 Å². The van der Waals surface area contributed by atoms with E-state index in [4.69, 9.17) is 9.47 Å². The number of benzene rings is 1. The summed E-state index contributed by atoms with van der Waals surface area (Å²) in [6, 6.07) is 4.91. The van der Waals surface area contributed by atoms with Crippen molar-refractivity contribution < 1.29 is 27.5 Å². The molecule has 0 saturated carbocycles. The van der Waals surface area contributed by atoms with Gasteiger partial charge in [0.2, 0.25) is 10.0 Å². The number of esters is 1. The second-order valence-electron chi connectivity index (χ2n) is 6.31. The summed E-state index contributed by atoms with van der Waals surface area (Å²) >= 11 is 3.24. The zero-order chi connectivity index (χ0) is 21.2. The highest BCUT2D eigenvalue weighted by atomic mass is 79.9. The number of carbonyl (C=O) groups is 2. The Bertz CT molecular complexity index is 737. The van der Waals surface area contributed by atoms with Gasteiger partial charge in [0, 0.05) is 24.2 Å². The molecule has 0 spiro atoms. The maximum Gasteiger partial charge on any atom is 0.324 e. The standard InChI is InChI=1S/C18H27BrN2O6S/c1-4-26-11-5-10-20-16(22)12-27-18(23)17(13(2)3)21-28(24,25)15-8-6-14(19)7-9-15/h6-9,13,17,21H,4-5,10-12H2,1-3H3,(H,20,22). The van der Waals surface area contributed by atoms with Crippen LogP contribution in [0.3, 0.4) is 0 Å². The number of hydrogen-bond acceptors (Lipinski definition) is 6. The summed E-state index contributed by atoms with van der Waals surface area (Å²) < 4.78 is 38.2. The quantitative estimate of drug-likeness (QED) is 0.350. The van der Waals surface area contributed by atoms with Crippen molar-refractivity contribution in [2.75, 3.05) is 26.4 Å². The van der Waals surface area contributed by atoms with Crippen molar-refractivity contribution in [3.8, 4) is 0 Å². The highest BCUT2D eigenvalue weighted by molar-refractivity contribution is 9.10. The Kier molecular flexibility index (Phi) is 10.7. The summed E-state index contributed by atoms with van der Waals surface area (Å²) in [6.45, 7) is 6.32. The first-order valence-electron chi connectivity index (χ1n) is 8.96. The molecule has 0 aliphatic rings. The maximum absolute atomic E-state index is 12.5. The Balaban J connectivity index is 2.59. The Labute approximate surface area is 174 Å². The zero-order valence-electron chi connectivity index (χ0n) is 16.2. The zero-order valence-corrected chi connectivity index (χ0v) is 18.6. The van der Waals surface area contributed by atoms with E-state index in [1.165, 1.54) is 12.1 Å². The van der Waals surface area contributed by atoms with Crippen LogP contribution in [0.25, 0.3) is 0 Å². The molecule has 28 heavy (non-hydrogen) atoms.